The van der Waals surface area contributed by atoms with Crippen molar-refractivity contribution in [3.8, 4) is 0 Å². The Bertz CT molecular complexity index is 560. The molecule has 3 aliphatic rings. The van der Waals surface area contributed by atoms with Gasteiger partial charge in [-0.2, -0.15) is 0 Å². The van der Waals surface area contributed by atoms with Gasteiger partial charge in [-0.1, -0.05) is 12.8 Å². The summed E-state index contributed by atoms with van der Waals surface area (Å²) in [5, 5.41) is 6.69. The topological polar surface area (TPSA) is 83.0 Å². The number of likely N-dealkylation sites (tertiary alicyclic amines) is 1. The van der Waals surface area contributed by atoms with Gasteiger partial charge in [0.2, 0.25) is 5.91 Å². The summed E-state index contributed by atoms with van der Waals surface area (Å²) in [6, 6.07) is 0.240. The molecule has 0 bridgehead atoms. The highest BCUT2D eigenvalue weighted by atomic mass is 127. The van der Waals surface area contributed by atoms with Crippen LogP contribution < -0.4 is 10.6 Å². The van der Waals surface area contributed by atoms with Crippen molar-refractivity contribution in [3.05, 3.63) is 0 Å². The smallest absolute Gasteiger partial charge is 0.306 e. The number of carbonyl (C=O) groups is 2. The van der Waals surface area contributed by atoms with Gasteiger partial charge in [-0.05, 0) is 51.4 Å². The summed E-state index contributed by atoms with van der Waals surface area (Å²) in [6.07, 6.45) is 11.1. The number of amides is 1. The molecule has 1 saturated heterocycles. The van der Waals surface area contributed by atoms with Crippen molar-refractivity contribution in [2.75, 3.05) is 26.7 Å². The number of hydrogen-bond acceptors (Lipinski definition) is 4. The molecule has 7 nitrogen and oxygen atoms in total. The number of hydrogen-bond donors (Lipinski definition) is 2. The normalized spacial score (nSPS) is 23.1. The minimum Gasteiger partial charge on any atom is -0.462 e. The summed E-state index contributed by atoms with van der Waals surface area (Å²) >= 11 is 0. The standard InChI is InChI=1S/C21H36N4O3.HI/c1-22-21(23-13-6-11-19(26)28-18-9-4-5-10-18)24-17-12-14-25(15-17)20(27)16-7-2-3-8-16;/h16-18H,2-15H2,1H3,(H2,22,23,24);1H. The lowest BCUT2D eigenvalue weighted by Crippen LogP contribution is -2.45. The maximum atomic E-state index is 12.6. The molecule has 29 heavy (non-hydrogen) atoms. The molecule has 3 fully saturated rings. The Morgan fingerprint density at radius 1 is 1.07 bits per heavy atom. The zero-order valence-electron chi connectivity index (χ0n) is 17.7. The highest BCUT2D eigenvalue weighted by molar-refractivity contribution is 14.0. The minimum atomic E-state index is -0.0893. The van der Waals surface area contributed by atoms with Crippen LogP contribution in [0, 0.1) is 5.92 Å². The van der Waals surface area contributed by atoms with E-state index in [0.717, 1.165) is 57.6 Å². The SMILES string of the molecule is CN=C(NCCCC(=O)OC1CCCC1)NC1CCN(C(=O)C2CCCC2)C1.I. The van der Waals surface area contributed by atoms with Crippen LogP contribution in [-0.4, -0.2) is 61.6 Å². The summed E-state index contributed by atoms with van der Waals surface area (Å²) in [5.74, 6) is 1.24. The van der Waals surface area contributed by atoms with Crippen molar-refractivity contribution in [2.24, 2.45) is 10.9 Å². The Balaban J connectivity index is 0.00000300. The van der Waals surface area contributed by atoms with E-state index < -0.39 is 0 Å². The number of ether oxygens (including phenoxy) is 1. The first-order valence-electron chi connectivity index (χ1n) is 11.1. The summed E-state index contributed by atoms with van der Waals surface area (Å²) in [7, 11) is 1.75. The van der Waals surface area contributed by atoms with Crippen molar-refractivity contribution in [2.45, 2.75) is 82.8 Å². The first-order valence-corrected chi connectivity index (χ1v) is 11.1. The lowest BCUT2D eigenvalue weighted by Gasteiger charge is -2.21. The highest BCUT2D eigenvalue weighted by Gasteiger charge is 2.32. The van der Waals surface area contributed by atoms with Gasteiger partial charge < -0.3 is 20.3 Å². The molecule has 2 aliphatic carbocycles. The molecule has 166 valence electrons. The number of rotatable bonds is 7. The van der Waals surface area contributed by atoms with Gasteiger partial charge >= 0.3 is 5.97 Å². The van der Waals surface area contributed by atoms with E-state index in [1.165, 1.54) is 25.7 Å². The van der Waals surface area contributed by atoms with Gasteiger partial charge in [0.25, 0.3) is 0 Å². The van der Waals surface area contributed by atoms with Crippen LogP contribution in [0.3, 0.4) is 0 Å². The zero-order valence-corrected chi connectivity index (χ0v) is 20.0. The second-order valence-electron chi connectivity index (χ2n) is 8.39. The molecular formula is C21H37IN4O3. The maximum Gasteiger partial charge on any atom is 0.306 e. The summed E-state index contributed by atoms with van der Waals surface area (Å²) in [6.45, 7) is 2.26. The maximum absolute atomic E-state index is 12.6. The van der Waals surface area contributed by atoms with Crippen LogP contribution in [0.15, 0.2) is 4.99 Å². The lowest BCUT2D eigenvalue weighted by atomic mass is 10.1. The number of carbonyl (C=O) groups excluding carboxylic acids is 2. The molecule has 0 radical (unpaired) electrons. The van der Waals surface area contributed by atoms with Crippen molar-refractivity contribution in [1.82, 2.24) is 15.5 Å². The molecule has 0 aromatic rings. The molecular weight excluding hydrogens is 483 g/mol. The molecule has 1 amide bonds. The number of halogens is 1. The summed E-state index contributed by atoms with van der Waals surface area (Å²) in [5.41, 5.74) is 0. The Morgan fingerprint density at radius 2 is 1.76 bits per heavy atom. The van der Waals surface area contributed by atoms with E-state index in [-0.39, 0.29) is 48.0 Å². The number of nitrogens with one attached hydrogen (secondary N) is 2. The van der Waals surface area contributed by atoms with Gasteiger partial charge in [0.15, 0.2) is 5.96 Å². The van der Waals surface area contributed by atoms with E-state index in [9.17, 15) is 9.59 Å². The minimum absolute atomic E-state index is 0. The lowest BCUT2D eigenvalue weighted by molar-refractivity contribution is -0.148. The molecule has 3 rings (SSSR count). The molecule has 1 heterocycles. The van der Waals surface area contributed by atoms with Crippen molar-refractivity contribution in [1.29, 1.82) is 0 Å². The molecule has 1 atom stereocenters. The predicted octanol–water partition coefficient (Wildman–Crippen LogP) is 2.83. The van der Waals surface area contributed by atoms with Gasteiger partial charge in [-0.3, -0.25) is 14.6 Å². The third-order valence-electron chi connectivity index (χ3n) is 6.22. The second kappa shape index (κ2) is 12.6. The Labute approximate surface area is 191 Å². The third-order valence-corrected chi connectivity index (χ3v) is 6.22. The van der Waals surface area contributed by atoms with Crippen LogP contribution in [-0.2, 0) is 14.3 Å². The first kappa shape index (κ1) is 24.2. The fraction of sp³-hybridized carbons (Fsp3) is 0.857. The van der Waals surface area contributed by atoms with Gasteiger partial charge in [-0.25, -0.2) is 0 Å². The van der Waals surface area contributed by atoms with Gasteiger partial charge in [0, 0.05) is 45.1 Å². The van der Waals surface area contributed by atoms with Gasteiger partial charge in [-0.15, -0.1) is 24.0 Å². The predicted molar refractivity (Wildman–Crippen MR) is 124 cm³/mol. The van der Waals surface area contributed by atoms with Crippen LogP contribution in [0.4, 0.5) is 0 Å². The Hall–Kier alpha value is -1.06. The van der Waals surface area contributed by atoms with E-state index in [0.29, 0.717) is 18.9 Å². The Kier molecular flexibility index (Phi) is 10.5. The molecule has 2 N–H and O–H groups in total. The summed E-state index contributed by atoms with van der Waals surface area (Å²) < 4.78 is 5.48. The molecule has 8 heteroatoms. The van der Waals surface area contributed by atoms with E-state index >= 15 is 0 Å². The van der Waals surface area contributed by atoms with E-state index in [4.69, 9.17) is 4.74 Å². The largest absolute Gasteiger partial charge is 0.462 e. The van der Waals surface area contributed by atoms with E-state index in [1.807, 2.05) is 4.90 Å². The second-order valence-corrected chi connectivity index (χ2v) is 8.39. The zero-order chi connectivity index (χ0) is 19.8. The number of aliphatic imine (C=N–C) groups is 1. The van der Waals surface area contributed by atoms with Crippen LogP contribution >= 0.6 is 24.0 Å². The van der Waals surface area contributed by atoms with Crippen LogP contribution in [0.25, 0.3) is 0 Å². The average molecular weight is 520 g/mol. The molecule has 0 aromatic carbocycles. The molecule has 0 spiro atoms. The highest BCUT2D eigenvalue weighted by Crippen LogP contribution is 2.27. The monoisotopic (exact) mass is 520 g/mol. The molecule has 1 unspecified atom stereocenters. The van der Waals surface area contributed by atoms with Crippen LogP contribution in [0.5, 0.6) is 0 Å². The quantitative estimate of drug-likeness (QED) is 0.177. The fourth-order valence-corrected chi connectivity index (χ4v) is 4.59. The number of nitrogens with zero attached hydrogens (tertiary/aromatic N) is 2. The third kappa shape index (κ3) is 7.61. The summed E-state index contributed by atoms with van der Waals surface area (Å²) in [4.78, 5) is 30.7. The number of guanidine groups is 1. The average Bonchev–Trinajstić information content (AvgIpc) is 3.46. The van der Waals surface area contributed by atoms with Crippen molar-refractivity contribution < 1.29 is 14.3 Å². The van der Waals surface area contributed by atoms with Gasteiger partial charge in [0.1, 0.15) is 6.10 Å². The Morgan fingerprint density at radius 3 is 2.45 bits per heavy atom. The van der Waals surface area contributed by atoms with E-state index in [1.54, 1.807) is 7.05 Å². The number of esters is 1. The molecule has 0 aromatic heterocycles. The molecule has 1 aliphatic heterocycles. The van der Waals surface area contributed by atoms with Crippen molar-refractivity contribution >= 4 is 41.8 Å². The van der Waals surface area contributed by atoms with Crippen LogP contribution in [0.1, 0.15) is 70.6 Å². The van der Waals surface area contributed by atoms with Crippen molar-refractivity contribution in [3.63, 3.8) is 0 Å². The van der Waals surface area contributed by atoms with E-state index in [2.05, 4.69) is 15.6 Å². The first-order chi connectivity index (χ1) is 13.7. The fourth-order valence-electron chi connectivity index (χ4n) is 4.59. The van der Waals surface area contributed by atoms with Crippen LogP contribution in [0.2, 0.25) is 0 Å². The molecule has 2 saturated carbocycles. The van der Waals surface area contributed by atoms with Gasteiger partial charge in [0.05, 0.1) is 0 Å².